The third-order valence-corrected chi connectivity index (χ3v) is 3.26. The number of rotatable bonds is 2. The average molecular weight is 287 g/mol. The first kappa shape index (κ1) is 12.7. The second-order valence-electron chi connectivity index (χ2n) is 4.64. The van der Waals surface area contributed by atoms with Gasteiger partial charge in [0.05, 0.1) is 16.6 Å². The molecule has 0 radical (unpaired) electrons. The molecule has 3 aromatic rings. The van der Waals surface area contributed by atoms with Crippen molar-refractivity contribution < 1.29 is 9.90 Å². The molecule has 2 aromatic carbocycles. The Morgan fingerprint density at radius 1 is 1.25 bits per heavy atom. The van der Waals surface area contributed by atoms with Crippen LogP contribution in [0.5, 0.6) is 0 Å². The summed E-state index contributed by atoms with van der Waals surface area (Å²) in [6.45, 7) is 1.96. The Balaban J connectivity index is 2.15. The van der Waals surface area contributed by atoms with Crippen LogP contribution in [0.25, 0.3) is 22.4 Å². The van der Waals surface area contributed by atoms with Crippen LogP contribution in [0.15, 0.2) is 36.4 Å². The van der Waals surface area contributed by atoms with Gasteiger partial charge in [0.25, 0.3) is 0 Å². The molecule has 0 amide bonds. The van der Waals surface area contributed by atoms with E-state index < -0.39 is 5.97 Å². The van der Waals surface area contributed by atoms with E-state index in [1.54, 1.807) is 18.2 Å². The quantitative estimate of drug-likeness (QED) is 0.751. The molecule has 0 bridgehead atoms. The molecule has 0 fully saturated rings. The van der Waals surface area contributed by atoms with Gasteiger partial charge in [-0.2, -0.15) is 0 Å². The van der Waals surface area contributed by atoms with E-state index >= 15 is 0 Å². The Bertz CT molecular complexity index is 804. The molecule has 0 unspecified atom stereocenters. The number of carboxylic acid groups (broad SMARTS) is 1. The number of aromatic amines is 1. The van der Waals surface area contributed by atoms with E-state index in [-0.39, 0.29) is 5.56 Å². The Labute approximate surface area is 120 Å². The fourth-order valence-electron chi connectivity index (χ4n) is 2.15. The van der Waals surface area contributed by atoms with Gasteiger partial charge in [-0.3, -0.25) is 0 Å². The van der Waals surface area contributed by atoms with Crippen LogP contribution in [0.1, 0.15) is 15.9 Å². The van der Waals surface area contributed by atoms with Crippen LogP contribution in [-0.2, 0) is 0 Å². The molecule has 0 aliphatic rings. The molecule has 0 aliphatic heterocycles. The number of fused-ring (bicyclic) bond motifs is 1. The fraction of sp³-hybridized carbons (Fsp3) is 0.0667. The third kappa shape index (κ3) is 2.26. The highest BCUT2D eigenvalue weighted by Gasteiger charge is 2.09. The highest BCUT2D eigenvalue weighted by atomic mass is 35.5. The number of nitrogens with one attached hydrogen (secondary N) is 1. The maximum Gasteiger partial charge on any atom is 0.335 e. The van der Waals surface area contributed by atoms with Crippen molar-refractivity contribution in [2.75, 3.05) is 0 Å². The normalized spacial score (nSPS) is 10.9. The van der Waals surface area contributed by atoms with Crippen LogP contribution < -0.4 is 0 Å². The zero-order chi connectivity index (χ0) is 14.3. The van der Waals surface area contributed by atoms with Crippen molar-refractivity contribution in [3.05, 3.63) is 52.5 Å². The summed E-state index contributed by atoms with van der Waals surface area (Å²) in [4.78, 5) is 18.5. The molecule has 100 valence electrons. The summed E-state index contributed by atoms with van der Waals surface area (Å²) in [5.74, 6) is -0.283. The Hall–Kier alpha value is -2.33. The lowest BCUT2D eigenvalue weighted by molar-refractivity contribution is 0.0697. The highest BCUT2D eigenvalue weighted by molar-refractivity contribution is 6.30. The molecular weight excluding hydrogens is 276 g/mol. The second kappa shape index (κ2) is 4.65. The molecular formula is C15H11ClN2O2. The van der Waals surface area contributed by atoms with E-state index in [4.69, 9.17) is 16.7 Å². The summed E-state index contributed by atoms with van der Waals surface area (Å²) < 4.78 is 0. The molecule has 4 nitrogen and oxygen atoms in total. The molecule has 1 aromatic heterocycles. The summed E-state index contributed by atoms with van der Waals surface area (Å²) in [6, 6.07) is 10.5. The lowest BCUT2D eigenvalue weighted by Gasteiger charge is -2.00. The summed E-state index contributed by atoms with van der Waals surface area (Å²) >= 11 is 6.05. The van der Waals surface area contributed by atoms with Crippen molar-refractivity contribution in [3.8, 4) is 11.4 Å². The SMILES string of the molecule is Cc1cc(Cl)cc(-c2nc3ccc(C(=O)O)cc3[nH]2)c1. The van der Waals surface area contributed by atoms with Gasteiger partial charge in [0.1, 0.15) is 5.82 Å². The standard InChI is InChI=1S/C15H11ClN2O2/c1-8-4-10(6-11(16)5-8)14-17-12-3-2-9(15(19)20)7-13(12)18-14/h2-7H,1H3,(H,17,18)(H,19,20). The monoisotopic (exact) mass is 286 g/mol. The minimum atomic E-state index is -0.957. The minimum absolute atomic E-state index is 0.231. The van der Waals surface area contributed by atoms with Gasteiger partial charge < -0.3 is 10.1 Å². The van der Waals surface area contributed by atoms with Gasteiger partial charge in [0, 0.05) is 10.6 Å². The molecule has 5 heteroatoms. The summed E-state index contributed by atoms with van der Waals surface area (Å²) in [5, 5.41) is 9.63. The Morgan fingerprint density at radius 2 is 2.05 bits per heavy atom. The van der Waals surface area contributed by atoms with Crippen LogP contribution in [0, 0.1) is 6.92 Å². The number of imidazole rings is 1. The maximum absolute atomic E-state index is 11.0. The number of hydrogen-bond acceptors (Lipinski definition) is 2. The largest absolute Gasteiger partial charge is 0.478 e. The predicted molar refractivity (Wildman–Crippen MR) is 78.2 cm³/mol. The van der Waals surface area contributed by atoms with E-state index in [9.17, 15) is 4.79 Å². The first-order chi connectivity index (χ1) is 9.52. The number of H-pyrrole nitrogens is 1. The predicted octanol–water partition coefficient (Wildman–Crippen LogP) is 3.89. The molecule has 2 N–H and O–H groups in total. The van der Waals surface area contributed by atoms with Crippen LogP contribution in [0.2, 0.25) is 5.02 Å². The van der Waals surface area contributed by atoms with Crippen molar-refractivity contribution in [2.45, 2.75) is 6.92 Å². The van der Waals surface area contributed by atoms with E-state index in [1.807, 2.05) is 25.1 Å². The maximum atomic E-state index is 11.0. The molecule has 1 heterocycles. The van der Waals surface area contributed by atoms with E-state index in [2.05, 4.69) is 9.97 Å². The second-order valence-corrected chi connectivity index (χ2v) is 5.08. The first-order valence-electron chi connectivity index (χ1n) is 6.03. The Kier molecular flexibility index (Phi) is 2.95. The zero-order valence-electron chi connectivity index (χ0n) is 10.6. The third-order valence-electron chi connectivity index (χ3n) is 3.04. The molecule has 0 aliphatic carbocycles. The van der Waals surface area contributed by atoms with Gasteiger partial charge in [0.2, 0.25) is 0 Å². The first-order valence-corrected chi connectivity index (χ1v) is 6.41. The molecule has 0 saturated heterocycles. The van der Waals surface area contributed by atoms with Crippen LogP contribution >= 0.6 is 11.6 Å². The molecule has 20 heavy (non-hydrogen) atoms. The number of benzene rings is 2. The summed E-state index contributed by atoms with van der Waals surface area (Å²) in [7, 11) is 0. The molecule has 0 spiro atoms. The fourth-order valence-corrected chi connectivity index (χ4v) is 2.44. The number of halogens is 1. The van der Waals surface area contributed by atoms with Crippen molar-refractivity contribution >= 4 is 28.6 Å². The number of carbonyl (C=O) groups is 1. The van der Waals surface area contributed by atoms with Crippen molar-refractivity contribution in [3.63, 3.8) is 0 Å². The van der Waals surface area contributed by atoms with Gasteiger partial charge in [-0.15, -0.1) is 0 Å². The van der Waals surface area contributed by atoms with Crippen molar-refractivity contribution in [1.82, 2.24) is 9.97 Å². The van der Waals surface area contributed by atoms with Crippen molar-refractivity contribution in [1.29, 1.82) is 0 Å². The smallest absolute Gasteiger partial charge is 0.335 e. The minimum Gasteiger partial charge on any atom is -0.478 e. The molecule has 0 atom stereocenters. The number of aromatic carboxylic acids is 1. The van der Waals surface area contributed by atoms with E-state index in [0.29, 0.717) is 16.4 Å². The lowest BCUT2D eigenvalue weighted by atomic mass is 10.1. The topological polar surface area (TPSA) is 66.0 Å². The average Bonchev–Trinajstić information content (AvgIpc) is 2.80. The van der Waals surface area contributed by atoms with Gasteiger partial charge >= 0.3 is 5.97 Å². The van der Waals surface area contributed by atoms with E-state index in [1.165, 1.54) is 0 Å². The number of hydrogen-bond donors (Lipinski definition) is 2. The van der Waals surface area contributed by atoms with E-state index in [0.717, 1.165) is 16.6 Å². The highest BCUT2D eigenvalue weighted by Crippen LogP contribution is 2.25. The van der Waals surface area contributed by atoms with Crippen LogP contribution in [0.4, 0.5) is 0 Å². The number of nitrogens with zero attached hydrogens (tertiary/aromatic N) is 1. The molecule has 3 rings (SSSR count). The Morgan fingerprint density at radius 3 is 2.75 bits per heavy atom. The summed E-state index contributed by atoms with van der Waals surface area (Å²) in [5.41, 5.74) is 3.57. The van der Waals surface area contributed by atoms with Crippen LogP contribution in [0.3, 0.4) is 0 Å². The van der Waals surface area contributed by atoms with Gasteiger partial charge in [-0.25, -0.2) is 9.78 Å². The van der Waals surface area contributed by atoms with Gasteiger partial charge in [-0.1, -0.05) is 11.6 Å². The number of carboxylic acids is 1. The van der Waals surface area contributed by atoms with Crippen molar-refractivity contribution in [2.24, 2.45) is 0 Å². The van der Waals surface area contributed by atoms with Gasteiger partial charge in [0.15, 0.2) is 0 Å². The lowest BCUT2D eigenvalue weighted by Crippen LogP contribution is -1.94. The summed E-state index contributed by atoms with van der Waals surface area (Å²) in [6.07, 6.45) is 0. The number of aryl methyl sites for hydroxylation is 1. The number of aromatic nitrogens is 2. The van der Waals surface area contributed by atoms with Crippen LogP contribution in [-0.4, -0.2) is 21.0 Å². The molecule has 0 saturated carbocycles. The van der Waals surface area contributed by atoms with Gasteiger partial charge in [-0.05, 0) is 48.9 Å². The zero-order valence-corrected chi connectivity index (χ0v) is 11.4.